The Bertz CT molecular complexity index is 835. The molecule has 28 heavy (non-hydrogen) atoms. The third-order valence-electron chi connectivity index (χ3n) is 6.69. The number of aryl methyl sites for hydroxylation is 3. The molecule has 2 aromatic rings. The quantitative estimate of drug-likeness (QED) is 0.713. The Morgan fingerprint density at radius 3 is 2.71 bits per heavy atom. The SMILES string of the molecule is Cc1cccc(CCCCCC2(C(=O)N3Cc4[nH]nc(C)c4C3)CCCC2)n1. The molecule has 3 heterocycles. The molecule has 4 rings (SSSR count). The van der Waals surface area contributed by atoms with Crippen molar-refractivity contribution >= 4 is 5.91 Å². The first kappa shape index (κ1) is 19.2. The number of aromatic amines is 1. The molecule has 2 aliphatic rings. The molecular weight excluding hydrogens is 348 g/mol. The molecule has 1 saturated carbocycles. The number of carbonyl (C=O) groups is 1. The van der Waals surface area contributed by atoms with Gasteiger partial charge in [0, 0.05) is 28.9 Å². The predicted molar refractivity (Wildman–Crippen MR) is 110 cm³/mol. The lowest BCUT2D eigenvalue weighted by Crippen LogP contribution is -2.40. The summed E-state index contributed by atoms with van der Waals surface area (Å²) in [6.07, 6.45) is 10.0. The van der Waals surface area contributed by atoms with E-state index in [0.29, 0.717) is 12.5 Å². The summed E-state index contributed by atoms with van der Waals surface area (Å²) in [5.74, 6) is 0.384. The van der Waals surface area contributed by atoms with Gasteiger partial charge in [0.25, 0.3) is 0 Å². The van der Waals surface area contributed by atoms with Gasteiger partial charge in [0.2, 0.25) is 5.91 Å². The molecule has 0 radical (unpaired) electrons. The largest absolute Gasteiger partial charge is 0.332 e. The number of aromatic nitrogens is 3. The van der Waals surface area contributed by atoms with Crippen molar-refractivity contribution in [2.24, 2.45) is 5.41 Å². The molecule has 0 spiro atoms. The van der Waals surface area contributed by atoms with Crippen LogP contribution in [0.2, 0.25) is 0 Å². The van der Waals surface area contributed by atoms with E-state index < -0.39 is 0 Å². The topological polar surface area (TPSA) is 61.9 Å². The van der Waals surface area contributed by atoms with Gasteiger partial charge < -0.3 is 4.90 Å². The van der Waals surface area contributed by atoms with Crippen LogP contribution in [0.15, 0.2) is 18.2 Å². The van der Waals surface area contributed by atoms with Crippen LogP contribution in [0, 0.1) is 19.3 Å². The van der Waals surface area contributed by atoms with Crippen molar-refractivity contribution in [1.29, 1.82) is 0 Å². The van der Waals surface area contributed by atoms with Crippen LogP contribution in [-0.4, -0.2) is 26.0 Å². The van der Waals surface area contributed by atoms with Crippen molar-refractivity contribution < 1.29 is 4.79 Å². The van der Waals surface area contributed by atoms with Crippen LogP contribution < -0.4 is 0 Å². The van der Waals surface area contributed by atoms with Crippen molar-refractivity contribution in [2.75, 3.05) is 0 Å². The summed E-state index contributed by atoms with van der Waals surface area (Å²) in [5, 5.41) is 7.38. The highest BCUT2D eigenvalue weighted by Gasteiger charge is 2.44. The standard InChI is InChI=1S/C23H32N4O/c1-17-9-8-11-19(24-17)10-4-3-5-12-23(13-6-7-14-23)22(28)27-15-20-18(2)25-26-21(20)16-27/h8-9,11H,3-7,10,12-16H2,1-2H3,(H,25,26). The van der Waals surface area contributed by atoms with Crippen molar-refractivity contribution in [2.45, 2.75) is 84.7 Å². The molecule has 150 valence electrons. The third kappa shape index (κ3) is 3.85. The summed E-state index contributed by atoms with van der Waals surface area (Å²) >= 11 is 0. The van der Waals surface area contributed by atoms with E-state index in [4.69, 9.17) is 0 Å². The van der Waals surface area contributed by atoms with E-state index >= 15 is 0 Å². The summed E-state index contributed by atoms with van der Waals surface area (Å²) in [6, 6.07) is 6.26. The van der Waals surface area contributed by atoms with Gasteiger partial charge in [-0.2, -0.15) is 5.10 Å². The molecule has 1 N–H and O–H groups in total. The number of unbranched alkanes of at least 4 members (excludes halogenated alkanes) is 2. The lowest BCUT2D eigenvalue weighted by Gasteiger charge is -2.32. The molecule has 5 nitrogen and oxygen atoms in total. The number of H-pyrrole nitrogens is 1. The van der Waals surface area contributed by atoms with Gasteiger partial charge in [0.1, 0.15) is 0 Å². The van der Waals surface area contributed by atoms with Crippen LogP contribution in [0.25, 0.3) is 0 Å². The van der Waals surface area contributed by atoms with E-state index in [-0.39, 0.29) is 5.41 Å². The van der Waals surface area contributed by atoms with Crippen molar-refractivity contribution in [1.82, 2.24) is 20.1 Å². The predicted octanol–water partition coefficient (Wildman–Crippen LogP) is 4.63. The summed E-state index contributed by atoms with van der Waals surface area (Å²) in [5.41, 5.74) is 5.56. The van der Waals surface area contributed by atoms with E-state index in [9.17, 15) is 4.79 Å². The average molecular weight is 381 g/mol. The number of carbonyl (C=O) groups excluding carboxylic acids is 1. The fourth-order valence-corrected chi connectivity index (χ4v) is 5.07. The van der Waals surface area contributed by atoms with Gasteiger partial charge in [-0.3, -0.25) is 14.9 Å². The van der Waals surface area contributed by atoms with E-state index in [1.165, 1.54) is 30.5 Å². The molecule has 5 heteroatoms. The Hall–Kier alpha value is -2.17. The number of pyridine rings is 1. The summed E-state index contributed by atoms with van der Waals surface area (Å²) in [4.78, 5) is 20.1. The number of nitrogens with one attached hydrogen (secondary N) is 1. The van der Waals surface area contributed by atoms with E-state index in [1.54, 1.807) is 0 Å². The Balaban J connectivity index is 1.30. The zero-order valence-electron chi connectivity index (χ0n) is 17.3. The van der Waals surface area contributed by atoms with E-state index in [2.05, 4.69) is 32.2 Å². The highest BCUT2D eigenvalue weighted by molar-refractivity contribution is 5.83. The lowest BCUT2D eigenvalue weighted by atomic mass is 9.79. The molecule has 0 aromatic carbocycles. The minimum absolute atomic E-state index is 0.119. The Kier molecular flexibility index (Phi) is 5.51. The number of nitrogens with zero attached hydrogens (tertiary/aromatic N) is 3. The first-order valence-electron chi connectivity index (χ1n) is 10.8. The molecule has 2 aromatic heterocycles. The van der Waals surface area contributed by atoms with Gasteiger partial charge in [-0.05, 0) is 58.1 Å². The highest BCUT2D eigenvalue weighted by Crippen LogP contribution is 2.45. The van der Waals surface area contributed by atoms with Gasteiger partial charge in [-0.25, -0.2) is 0 Å². The lowest BCUT2D eigenvalue weighted by molar-refractivity contribution is -0.143. The Morgan fingerprint density at radius 2 is 1.96 bits per heavy atom. The van der Waals surface area contributed by atoms with Gasteiger partial charge in [-0.15, -0.1) is 0 Å². The zero-order valence-corrected chi connectivity index (χ0v) is 17.3. The van der Waals surface area contributed by atoms with Crippen LogP contribution in [-0.2, 0) is 24.3 Å². The van der Waals surface area contributed by atoms with Crippen molar-refractivity contribution in [3.63, 3.8) is 0 Å². The summed E-state index contributed by atoms with van der Waals surface area (Å²) in [7, 11) is 0. The van der Waals surface area contributed by atoms with Crippen LogP contribution in [0.5, 0.6) is 0 Å². The van der Waals surface area contributed by atoms with Crippen LogP contribution in [0.3, 0.4) is 0 Å². The number of hydrogen-bond donors (Lipinski definition) is 1. The minimum Gasteiger partial charge on any atom is -0.332 e. The molecule has 0 bridgehead atoms. The number of amides is 1. The maximum absolute atomic E-state index is 13.5. The monoisotopic (exact) mass is 380 g/mol. The Labute approximate surface area is 167 Å². The second-order valence-corrected chi connectivity index (χ2v) is 8.75. The average Bonchev–Trinajstić information content (AvgIpc) is 3.40. The maximum atomic E-state index is 13.5. The van der Waals surface area contributed by atoms with E-state index in [0.717, 1.165) is 62.2 Å². The van der Waals surface area contributed by atoms with Crippen molar-refractivity contribution in [3.8, 4) is 0 Å². The van der Waals surface area contributed by atoms with Gasteiger partial charge in [-0.1, -0.05) is 31.7 Å². The third-order valence-corrected chi connectivity index (χ3v) is 6.69. The molecule has 1 fully saturated rings. The molecule has 1 aliphatic heterocycles. The molecular formula is C23H32N4O. The normalized spacial score (nSPS) is 17.9. The fraction of sp³-hybridized carbons (Fsp3) is 0.609. The number of fused-ring (bicyclic) bond motifs is 1. The van der Waals surface area contributed by atoms with Gasteiger partial charge in [0.15, 0.2) is 0 Å². The molecule has 0 saturated heterocycles. The molecule has 0 atom stereocenters. The first-order valence-corrected chi connectivity index (χ1v) is 10.8. The fourth-order valence-electron chi connectivity index (χ4n) is 5.07. The van der Waals surface area contributed by atoms with Crippen LogP contribution in [0.4, 0.5) is 0 Å². The summed E-state index contributed by atoms with van der Waals surface area (Å²) < 4.78 is 0. The van der Waals surface area contributed by atoms with Crippen LogP contribution in [0.1, 0.15) is 79.7 Å². The smallest absolute Gasteiger partial charge is 0.229 e. The number of hydrogen-bond acceptors (Lipinski definition) is 3. The van der Waals surface area contributed by atoms with E-state index in [1.807, 2.05) is 19.9 Å². The Morgan fingerprint density at radius 1 is 1.14 bits per heavy atom. The number of rotatable bonds is 7. The van der Waals surface area contributed by atoms with Crippen LogP contribution >= 0.6 is 0 Å². The summed E-state index contributed by atoms with van der Waals surface area (Å²) in [6.45, 7) is 5.51. The second-order valence-electron chi connectivity index (χ2n) is 8.75. The second kappa shape index (κ2) is 8.06. The van der Waals surface area contributed by atoms with Gasteiger partial charge >= 0.3 is 0 Å². The van der Waals surface area contributed by atoms with Gasteiger partial charge in [0.05, 0.1) is 17.9 Å². The zero-order chi connectivity index (χ0) is 19.6. The van der Waals surface area contributed by atoms with Crippen molar-refractivity contribution in [3.05, 3.63) is 46.5 Å². The molecule has 0 unspecified atom stereocenters. The maximum Gasteiger partial charge on any atom is 0.229 e. The minimum atomic E-state index is -0.119. The molecule has 1 amide bonds. The first-order chi connectivity index (χ1) is 13.6. The molecule has 1 aliphatic carbocycles. The highest BCUT2D eigenvalue weighted by atomic mass is 16.2.